The molecule has 2 heteroatoms. The Morgan fingerprint density at radius 1 is 0.444 bits per heavy atom. The molecule has 6 rings (SSSR count). The van der Waals surface area contributed by atoms with Gasteiger partial charge in [-0.05, 0) is 114 Å². The first kappa shape index (κ1) is 16.3. The Kier molecular flexibility index (Phi) is 3.43. The summed E-state index contributed by atoms with van der Waals surface area (Å²) in [5.41, 5.74) is 10.9. The van der Waals surface area contributed by atoms with Crippen molar-refractivity contribution in [1.82, 2.24) is 0 Å². The van der Waals surface area contributed by atoms with E-state index in [-0.39, 0.29) is 5.41 Å². The molecule has 0 heterocycles. The SMILES string of the molecule is Ic1ccc2c(c1)-c1cc(I)ccc1C21c2ccccc2-c2ccccc21. The van der Waals surface area contributed by atoms with Crippen molar-refractivity contribution in [3.05, 3.63) is 114 Å². The van der Waals surface area contributed by atoms with E-state index in [4.69, 9.17) is 0 Å². The predicted molar refractivity (Wildman–Crippen MR) is 128 cm³/mol. The summed E-state index contributed by atoms with van der Waals surface area (Å²) in [7, 11) is 0. The summed E-state index contributed by atoms with van der Waals surface area (Å²) in [5, 5.41) is 0. The fourth-order valence-corrected chi connectivity index (χ4v) is 6.08. The van der Waals surface area contributed by atoms with Gasteiger partial charge in [-0.3, -0.25) is 0 Å². The lowest BCUT2D eigenvalue weighted by Gasteiger charge is -2.30. The van der Waals surface area contributed by atoms with Crippen molar-refractivity contribution in [3.8, 4) is 22.3 Å². The van der Waals surface area contributed by atoms with Crippen molar-refractivity contribution in [2.45, 2.75) is 5.41 Å². The molecule has 0 radical (unpaired) electrons. The topological polar surface area (TPSA) is 0 Å². The third kappa shape index (κ3) is 1.98. The molecule has 0 amide bonds. The van der Waals surface area contributed by atoms with Crippen molar-refractivity contribution < 1.29 is 0 Å². The number of benzene rings is 4. The van der Waals surface area contributed by atoms with E-state index in [9.17, 15) is 0 Å². The van der Waals surface area contributed by atoms with E-state index in [1.54, 1.807) is 0 Å². The normalized spacial score (nSPS) is 14.6. The molecule has 0 fully saturated rings. The molecular weight excluding hydrogens is 554 g/mol. The highest BCUT2D eigenvalue weighted by Gasteiger charge is 2.51. The maximum atomic E-state index is 2.43. The molecule has 0 bridgehead atoms. The predicted octanol–water partition coefficient (Wildman–Crippen LogP) is 7.24. The van der Waals surface area contributed by atoms with Crippen molar-refractivity contribution in [3.63, 3.8) is 0 Å². The Morgan fingerprint density at radius 2 is 0.852 bits per heavy atom. The van der Waals surface area contributed by atoms with E-state index in [0.717, 1.165) is 0 Å². The lowest BCUT2D eigenvalue weighted by atomic mass is 9.70. The molecule has 0 saturated heterocycles. The van der Waals surface area contributed by atoms with Crippen LogP contribution >= 0.6 is 45.2 Å². The summed E-state index contributed by atoms with van der Waals surface area (Å²) in [5.74, 6) is 0. The smallest absolute Gasteiger partial charge is 0.0619 e. The first-order valence-electron chi connectivity index (χ1n) is 9.01. The molecule has 0 aliphatic heterocycles. The lowest BCUT2D eigenvalue weighted by Crippen LogP contribution is -2.25. The second kappa shape index (κ2) is 5.67. The second-order valence-corrected chi connectivity index (χ2v) is 9.71. The quantitative estimate of drug-likeness (QED) is 0.170. The maximum Gasteiger partial charge on any atom is 0.0725 e. The van der Waals surface area contributed by atoms with E-state index < -0.39 is 0 Å². The molecule has 0 saturated carbocycles. The monoisotopic (exact) mass is 568 g/mol. The summed E-state index contributed by atoms with van der Waals surface area (Å²) in [6.07, 6.45) is 0. The first-order valence-corrected chi connectivity index (χ1v) is 11.2. The summed E-state index contributed by atoms with van der Waals surface area (Å²) in [4.78, 5) is 0. The Bertz CT molecular complexity index is 1150. The Balaban J connectivity index is 1.86. The van der Waals surface area contributed by atoms with Gasteiger partial charge in [-0.2, -0.15) is 0 Å². The highest BCUT2D eigenvalue weighted by Crippen LogP contribution is 2.62. The summed E-state index contributed by atoms with van der Waals surface area (Å²) >= 11 is 4.86. The van der Waals surface area contributed by atoms with Crippen LogP contribution in [0.15, 0.2) is 84.9 Å². The highest BCUT2D eigenvalue weighted by atomic mass is 127. The molecule has 1 spiro atoms. The van der Waals surface area contributed by atoms with E-state index in [0.29, 0.717) is 0 Å². The van der Waals surface area contributed by atoms with Gasteiger partial charge >= 0.3 is 0 Å². The molecule has 0 aromatic heterocycles. The van der Waals surface area contributed by atoms with Crippen molar-refractivity contribution in [2.75, 3.05) is 0 Å². The van der Waals surface area contributed by atoms with Gasteiger partial charge < -0.3 is 0 Å². The minimum atomic E-state index is -0.202. The lowest BCUT2D eigenvalue weighted by molar-refractivity contribution is 0.793. The van der Waals surface area contributed by atoms with E-state index in [2.05, 4.69) is 130 Å². The van der Waals surface area contributed by atoms with E-state index in [1.807, 2.05) is 0 Å². The number of hydrogen-bond donors (Lipinski definition) is 0. The molecule has 27 heavy (non-hydrogen) atoms. The van der Waals surface area contributed by atoms with Crippen molar-refractivity contribution >= 4 is 45.2 Å². The van der Waals surface area contributed by atoms with Crippen LogP contribution in [0.4, 0.5) is 0 Å². The second-order valence-electron chi connectivity index (χ2n) is 7.22. The third-order valence-corrected chi connectivity index (χ3v) is 7.36. The highest BCUT2D eigenvalue weighted by molar-refractivity contribution is 14.1. The van der Waals surface area contributed by atoms with Crippen LogP contribution in [0.3, 0.4) is 0 Å². The minimum Gasteiger partial charge on any atom is -0.0619 e. The van der Waals surface area contributed by atoms with Gasteiger partial charge in [-0.25, -0.2) is 0 Å². The molecule has 4 aromatic carbocycles. The fraction of sp³-hybridized carbons (Fsp3) is 0.0400. The first-order chi connectivity index (χ1) is 13.2. The van der Waals surface area contributed by atoms with Gasteiger partial charge in [0.1, 0.15) is 0 Å². The molecular formula is C25H14I2. The number of hydrogen-bond acceptors (Lipinski definition) is 0. The number of rotatable bonds is 0. The minimum absolute atomic E-state index is 0.202. The molecule has 0 N–H and O–H groups in total. The van der Waals surface area contributed by atoms with E-state index >= 15 is 0 Å². The zero-order valence-electron chi connectivity index (χ0n) is 14.3. The average molecular weight is 568 g/mol. The van der Waals surface area contributed by atoms with Gasteiger partial charge in [0.2, 0.25) is 0 Å². The molecule has 0 nitrogen and oxygen atoms in total. The Labute approximate surface area is 185 Å². The van der Waals surface area contributed by atoms with Gasteiger partial charge in [-0.1, -0.05) is 60.7 Å². The van der Waals surface area contributed by atoms with Crippen LogP contribution in [-0.4, -0.2) is 0 Å². The summed E-state index contributed by atoms with van der Waals surface area (Å²) in [6.45, 7) is 0. The average Bonchev–Trinajstić information content (AvgIpc) is 3.14. The standard InChI is InChI=1S/C25H14I2/c26-15-9-11-23-19(13-15)20-14-16(27)10-12-24(20)25(23)21-7-3-1-5-17(21)18-6-2-4-8-22(18)25/h1-14H. The van der Waals surface area contributed by atoms with Gasteiger partial charge in [0.05, 0.1) is 5.41 Å². The number of halogens is 2. The van der Waals surface area contributed by atoms with Gasteiger partial charge in [-0.15, -0.1) is 0 Å². The molecule has 4 aromatic rings. The molecule has 0 atom stereocenters. The van der Waals surface area contributed by atoms with Crippen LogP contribution in [-0.2, 0) is 5.41 Å². The molecule has 2 aliphatic carbocycles. The molecule has 128 valence electrons. The Morgan fingerprint density at radius 3 is 1.33 bits per heavy atom. The van der Waals surface area contributed by atoms with Gasteiger partial charge in [0, 0.05) is 7.14 Å². The van der Waals surface area contributed by atoms with Gasteiger partial charge in [0.15, 0.2) is 0 Å². The van der Waals surface area contributed by atoms with Crippen LogP contribution in [0, 0.1) is 7.14 Å². The fourth-order valence-electron chi connectivity index (χ4n) is 5.09. The summed E-state index contributed by atoms with van der Waals surface area (Å²) in [6, 6.07) is 31.8. The zero-order valence-corrected chi connectivity index (χ0v) is 18.7. The van der Waals surface area contributed by atoms with Crippen LogP contribution in [0.1, 0.15) is 22.3 Å². The Hall–Kier alpha value is -1.66. The number of fused-ring (bicyclic) bond motifs is 10. The van der Waals surface area contributed by atoms with Crippen molar-refractivity contribution in [1.29, 1.82) is 0 Å². The zero-order chi connectivity index (χ0) is 18.2. The maximum absolute atomic E-state index is 2.43. The molecule has 2 aliphatic rings. The third-order valence-electron chi connectivity index (χ3n) is 6.01. The van der Waals surface area contributed by atoms with Crippen molar-refractivity contribution in [2.24, 2.45) is 0 Å². The van der Waals surface area contributed by atoms with Crippen LogP contribution < -0.4 is 0 Å². The van der Waals surface area contributed by atoms with Crippen LogP contribution in [0.5, 0.6) is 0 Å². The molecule has 0 unspecified atom stereocenters. The van der Waals surface area contributed by atoms with Crippen LogP contribution in [0.25, 0.3) is 22.3 Å². The van der Waals surface area contributed by atoms with Gasteiger partial charge in [0.25, 0.3) is 0 Å². The van der Waals surface area contributed by atoms with E-state index in [1.165, 1.54) is 51.6 Å². The summed E-state index contributed by atoms with van der Waals surface area (Å²) < 4.78 is 2.57. The van der Waals surface area contributed by atoms with Crippen LogP contribution in [0.2, 0.25) is 0 Å². The largest absolute Gasteiger partial charge is 0.0725 e.